The number of hydrogen-bond donors (Lipinski definition) is 3. The first-order valence-corrected chi connectivity index (χ1v) is 9.70. The lowest BCUT2D eigenvalue weighted by atomic mass is 9.97. The van der Waals surface area contributed by atoms with Gasteiger partial charge >= 0.3 is 0 Å². The summed E-state index contributed by atoms with van der Waals surface area (Å²) in [5.41, 5.74) is 2.05. The van der Waals surface area contributed by atoms with Crippen molar-refractivity contribution in [3.8, 4) is 0 Å². The number of likely N-dealkylation sites (tertiary alicyclic amines) is 1. The maximum absolute atomic E-state index is 12.2. The summed E-state index contributed by atoms with van der Waals surface area (Å²) in [6.07, 6.45) is 4.37. The third-order valence-electron chi connectivity index (χ3n) is 5.20. The molecular formula is C20H30N4O2. The van der Waals surface area contributed by atoms with Crippen molar-refractivity contribution < 1.29 is 9.59 Å². The van der Waals surface area contributed by atoms with Crippen LogP contribution in [0, 0.1) is 5.92 Å². The second-order valence-corrected chi connectivity index (χ2v) is 7.52. The van der Waals surface area contributed by atoms with E-state index in [4.69, 9.17) is 0 Å². The van der Waals surface area contributed by atoms with Crippen molar-refractivity contribution >= 4 is 17.5 Å². The van der Waals surface area contributed by atoms with Gasteiger partial charge in [-0.25, -0.2) is 0 Å². The Balaban J connectivity index is 1.47. The molecule has 2 heterocycles. The molecule has 2 aliphatic heterocycles. The Bertz CT molecular complexity index is 628. The van der Waals surface area contributed by atoms with Crippen molar-refractivity contribution in [1.82, 2.24) is 15.5 Å². The molecule has 2 fully saturated rings. The van der Waals surface area contributed by atoms with E-state index >= 15 is 0 Å². The van der Waals surface area contributed by atoms with Crippen LogP contribution in [0.5, 0.6) is 0 Å². The summed E-state index contributed by atoms with van der Waals surface area (Å²) in [6, 6.07) is 8.04. The van der Waals surface area contributed by atoms with E-state index in [-0.39, 0.29) is 17.9 Å². The van der Waals surface area contributed by atoms with E-state index in [9.17, 15) is 9.59 Å². The molecule has 6 heteroatoms. The zero-order valence-corrected chi connectivity index (χ0v) is 15.6. The number of benzene rings is 1. The van der Waals surface area contributed by atoms with E-state index in [1.165, 1.54) is 18.9 Å². The molecule has 0 aromatic heterocycles. The minimum atomic E-state index is -0.0484. The highest BCUT2D eigenvalue weighted by atomic mass is 16.2. The molecule has 6 nitrogen and oxygen atoms in total. The molecule has 0 saturated carbocycles. The molecule has 2 saturated heterocycles. The monoisotopic (exact) mass is 358 g/mol. The molecule has 0 bridgehead atoms. The minimum Gasteiger partial charge on any atom is -0.354 e. The van der Waals surface area contributed by atoms with Gasteiger partial charge < -0.3 is 16.0 Å². The van der Waals surface area contributed by atoms with Crippen LogP contribution in [0.1, 0.15) is 38.2 Å². The number of piperidine rings is 1. The summed E-state index contributed by atoms with van der Waals surface area (Å²) in [6.45, 7) is 6.20. The van der Waals surface area contributed by atoms with Gasteiger partial charge in [0.1, 0.15) is 0 Å². The van der Waals surface area contributed by atoms with Gasteiger partial charge in [0.15, 0.2) is 0 Å². The number of nitrogens with one attached hydrogen (secondary N) is 3. The summed E-state index contributed by atoms with van der Waals surface area (Å²) >= 11 is 0. The van der Waals surface area contributed by atoms with Crippen LogP contribution in [0.4, 0.5) is 5.69 Å². The lowest BCUT2D eigenvalue weighted by Gasteiger charge is -2.33. The standard InChI is InChI=1S/C20H30N4O2/c1-15(25)23-18-7-2-5-16(11-18)13-24-10-4-6-17(14-24)12-22-20(26)19-8-3-9-21-19/h2,5,7,11,17,19,21H,3-4,6,8-10,12-14H2,1H3,(H,22,26)(H,23,25). The van der Waals surface area contributed by atoms with Gasteiger partial charge in [-0.1, -0.05) is 12.1 Å². The molecule has 0 aliphatic carbocycles. The van der Waals surface area contributed by atoms with Crippen molar-refractivity contribution in [1.29, 1.82) is 0 Å². The van der Waals surface area contributed by atoms with Crippen LogP contribution in [0.2, 0.25) is 0 Å². The number of rotatable bonds is 6. The molecule has 2 unspecified atom stereocenters. The minimum absolute atomic E-state index is 0.00575. The van der Waals surface area contributed by atoms with Gasteiger partial charge in [0.05, 0.1) is 6.04 Å². The van der Waals surface area contributed by atoms with E-state index in [1.54, 1.807) is 0 Å². The number of anilines is 1. The first-order chi connectivity index (χ1) is 12.6. The number of carbonyl (C=O) groups is 2. The summed E-state index contributed by atoms with van der Waals surface area (Å²) in [5, 5.41) is 9.23. The molecule has 26 heavy (non-hydrogen) atoms. The molecular weight excluding hydrogens is 328 g/mol. The van der Waals surface area contributed by atoms with E-state index in [0.717, 1.165) is 57.7 Å². The first-order valence-electron chi connectivity index (χ1n) is 9.70. The lowest BCUT2D eigenvalue weighted by Crippen LogP contribution is -2.45. The highest BCUT2D eigenvalue weighted by Crippen LogP contribution is 2.20. The predicted octanol–water partition coefficient (Wildman–Crippen LogP) is 1.73. The van der Waals surface area contributed by atoms with Crippen molar-refractivity contribution in [2.75, 3.05) is 31.5 Å². The Hall–Kier alpha value is -1.92. The van der Waals surface area contributed by atoms with Gasteiger partial charge in [0.2, 0.25) is 11.8 Å². The lowest BCUT2D eigenvalue weighted by molar-refractivity contribution is -0.123. The molecule has 142 valence electrons. The van der Waals surface area contributed by atoms with E-state index in [0.29, 0.717) is 5.92 Å². The van der Waals surface area contributed by atoms with Crippen molar-refractivity contribution in [3.05, 3.63) is 29.8 Å². The smallest absolute Gasteiger partial charge is 0.237 e. The Morgan fingerprint density at radius 2 is 2.15 bits per heavy atom. The van der Waals surface area contributed by atoms with Crippen LogP contribution in [-0.4, -0.2) is 48.9 Å². The zero-order valence-electron chi connectivity index (χ0n) is 15.6. The Morgan fingerprint density at radius 3 is 2.92 bits per heavy atom. The molecule has 0 radical (unpaired) electrons. The summed E-state index contributed by atoms with van der Waals surface area (Å²) < 4.78 is 0. The molecule has 2 atom stereocenters. The Labute approximate surface area is 155 Å². The number of carbonyl (C=O) groups excluding carboxylic acids is 2. The average molecular weight is 358 g/mol. The van der Waals surface area contributed by atoms with Crippen molar-refractivity contribution in [2.45, 2.75) is 45.2 Å². The van der Waals surface area contributed by atoms with Crippen LogP contribution in [0.15, 0.2) is 24.3 Å². The molecule has 1 aromatic rings. The fraction of sp³-hybridized carbons (Fsp3) is 0.600. The van der Waals surface area contributed by atoms with Crippen LogP contribution >= 0.6 is 0 Å². The quantitative estimate of drug-likeness (QED) is 0.724. The highest BCUT2D eigenvalue weighted by molar-refractivity contribution is 5.88. The van der Waals surface area contributed by atoms with Crippen LogP contribution in [0.25, 0.3) is 0 Å². The largest absolute Gasteiger partial charge is 0.354 e. The molecule has 3 N–H and O–H groups in total. The fourth-order valence-electron chi connectivity index (χ4n) is 3.95. The van der Waals surface area contributed by atoms with E-state index < -0.39 is 0 Å². The molecule has 0 spiro atoms. The van der Waals surface area contributed by atoms with Gasteiger partial charge in [-0.2, -0.15) is 0 Å². The van der Waals surface area contributed by atoms with E-state index in [1.807, 2.05) is 18.2 Å². The van der Waals surface area contributed by atoms with Gasteiger partial charge in [-0.05, 0) is 62.4 Å². The second-order valence-electron chi connectivity index (χ2n) is 7.52. The summed E-state index contributed by atoms with van der Waals surface area (Å²) in [4.78, 5) is 25.8. The third-order valence-corrected chi connectivity index (χ3v) is 5.20. The third kappa shape index (κ3) is 5.54. The fourth-order valence-corrected chi connectivity index (χ4v) is 3.95. The van der Waals surface area contributed by atoms with Gasteiger partial charge in [0.25, 0.3) is 0 Å². The zero-order chi connectivity index (χ0) is 18.4. The summed E-state index contributed by atoms with van der Waals surface area (Å²) in [7, 11) is 0. The van der Waals surface area contributed by atoms with Gasteiger partial charge in [0, 0.05) is 32.2 Å². The number of nitrogens with zero attached hydrogens (tertiary/aromatic N) is 1. The van der Waals surface area contributed by atoms with Crippen molar-refractivity contribution in [2.24, 2.45) is 5.92 Å². The molecule has 3 rings (SSSR count). The van der Waals surface area contributed by atoms with Crippen LogP contribution in [-0.2, 0) is 16.1 Å². The second kappa shape index (κ2) is 9.14. The number of hydrogen-bond acceptors (Lipinski definition) is 4. The van der Waals surface area contributed by atoms with E-state index in [2.05, 4.69) is 26.9 Å². The average Bonchev–Trinajstić information content (AvgIpc) is 3.14. The maximum atomic E-state index is 12.2. The molecule has 1 aromatic carbocycles. The van der Waals surface area contributed by atoms with Crippen LogP contribution in [0.3, 0.4) is 0 Å². The Kier molecular flexibility index (Phi) is 6.63. The molecule has 2 aliphatic rings. The Morgan fingerprint density at radius 1 is 1.27 bits per heavy atom. The predicted molar refractivity (Wildman–Crippen MR) is 103 cm³/mol. The molecule has 2 amide bonds. The number of amides is 2. The summed E-state index contributed by atoms with van der Waals surface area (Å²) in [5.74, 6) is 0.614. The maximum Gasteiger partial charge on any atom is 0.237 e. The SMILES string of the molecule is CC(=O)Nc1cccc(CN2CCCC(CNC(=O)C3CCCN3)C2)c1. The van der Waals surface area contributed by atoms with Crippen LogP contribution < -0.4 is 16.0 Å². The van der Waals surface area contributed by atoms with Gasteiger partial charge in [-0.15, -0.1) is 0 Å². The van der Waals surface area contributed by atoms with Gasteiger partial charge in [-0.3, -0.25) is 14.5 Å². The first kappa shape index (κ1) is 18.9. The highest BCUT2D eigenvalue weighted by Gasteiger charge is 2.24. The normalized spacial score (nSPS) is 23.6. The van der Waals surface area contributed by atoms with Crippen molar-refractivity contribution in [3.63, 3.8) is 0 Å². The topological polar surface area (TPSA) is 73.5 Å².